The van der Waals surface area contributed by atoms with Gasteiger partial charge in [0.2, 0.25) is 0 Å². The van der Waals surface area contributed by atoms with Crippen molar-refractivity contribution in [3.63, 3.8) is 0 Å². The molecular formula is C14H12Cl2INO3. The molecule has 1 aromatic carbocycles. The first-order chi connectivity index (χ1) is 10.0. The lowest BCUT2D eigenvalue weighted by Gasteiger charge is -2.12. The van der Waals surface area contributed by atoms with E-state index < -0.39 is 0 Å². The lowest BCUT2D eigenvalue weighted by atomic mass is 10.2. The fourth-order valence-electron chi connectivity index (χ4n) is 1.78. The summed E-state index contributed by atoms with van der Waals surface area (Å²) < 4.78 is 11.4. The van der Waals surface area contributed by atoms with Gasteiger partial charge in [0.25, 0.3) is 0 Å². The Morgan fingerprint density at radius 1 is 1.38 bits per heavy atom. The van der Waals surface area contributed by atoms with E-state index in [1.807, 2.05) is 0 Å². The minimum Gasteiger partial charge on any atom is -0.490 e. The van der Waals surface area contributed by atoms with Crippen LogP contribution in [0.15, 0.2) is 18.2 Å². The van der Waals surface area contributed by atoms with Gasteiger partial charge in [0, 0.05) is 5.39 Å². The Hall–Kier alpha value is -0.790. The molecule has 0 aliphatic carbocycles. The number of rotatable bonds is 5. The molecule has 2 rings (SSSR count). The molecule has 0 aliphatic heterocycles. The van der Waals surface area contributed by atoms with Gasteiger partial charge in [-0.15, -0.1) is 0 Å². The Kier molecular flexibility index (Phi) is 5.89. The number of esters is 1. The highest BCUT2D eigenvalue weighted by Gasteiger charge is 2.14. The van der Waals surface area contributed by atoms with Crippen LogP contribution < -0.4 is 4.74 Å². The van der Waals surface area contributed by atoms with Crippen molar-refractivity contribution in [3.8, 4) is 5.75 Å². The average Bonchev–Trinajstić information content (AvgIpc) is 2.42. The Morgan fingerprint density at radius 3 is 2.86 bits per heavy atom. The van der Waals surface area contributed by atoms with Gasteiger partial charge in [0.05, 0.1) is 28.2 Å². The highest BCUT2D eigenvalue weighted by Crippen LogP contribution is 2.35. The molecule has 0 aliphatic rings. The molecule has 2 aromatic rings. The molecule has 0 radical (unpaired) electrons. The van der Waals surface area contributed by atoms with Crippen LogP contribution in [0, 0.1) is 3.57 Å². The van der Waals surface area contributed by atoms with E-state index in [1.165, 1.54) is 0 Å². The van der Waals surface area contributed by atoms with Crippen LogP contribution in [0.5, 0.6) is 5.75 Å². The monoisotopic (exact) mass is 439 g/mol. The fourth-order valence-corrected chi connectivity index (χ4v) is 3.09. The summed E-state index contributed by atoms with van der Waals surface area (Å²) in [6.45, 7) is 2.33. The third-order valence-corrected chi connectivity index (χ3v) is 3.99. The first-order valence-corrected chi connectivity index (χ1v) is 8.09. The second kappa shape index (κ2) is 7.47. The molecule has 7 heteroatoms. The van der Waals surface area contributed by atoms with Crippen LogP contribution in [0.25, 0.3) is 10.9 Å². The summed E-state index contributed by atoms with van der Waals surface area (Å²) in [5.74, 6) is 0.276. The van der Waals surface area contributed by atoms with Crippen molar-refractivity contribution in [2.75, 3.05) is 13.2 Å². The predicted octanol–water partition coefficient (Wildman–Crippen LogP) is 4.48. The summed E-state index contributed by atoms with van der Waals surface area (Å²) in [6, 6.07) is 5.26. The molecule has 0 saturated heterocycles. The van der Waals surface area contributed by atoms with Gasteiger partial charge in [0.1, 0.15) is 10.7 Å². The van der Waals surface area contributed by atoms with Gasteiger partial charge >= 0.3 is 5.97 Å². The molecule has 1 aromatic heterocycles. The topological polar surface area (TPSA) is 48.4 Å². The first kappa shape index (κ1) is 16.6. The van der Waals surface area contributed by atoms with Crippen LogP contribution in [0.3, 0.4) is 0 Å². The SMILES string of the molecule is CCOC(=O)CCOc1c(I)cc(Cl)c2ccc(Cl)nc12. The molecule has 0 bridgehead atoms. The Balaban J connectivity index is 2.26. The zero-order chi connectivity index (χ0) is 15.4. The number of carbonyl (C=O) groups excluding carboxylic acids is 1. The summed E-state index contributed by atoms with van der Waals surface area (Å²) in [6.07, 6.45) is 0.175. The molecule has 21 heavy (non-hydrogen) atoms. The minimum atomic E-state index is -0.295. The second-order valence-corrected chi connectivity index (χ2v) is 6.06. The molecular weight excluding hydrogens is 428 g/mol. The van der Waals surface area contributed by atoms with Gasteiger partial charge in [-0.05, 0) is 47.7 Å². The van der Waals surface area contributed by atoms with E-state index in [2.05, 4.69) is 27.6 Å². The number of carbonyl (C=O) groups is 1. The number of halogens is 3. The van der Waals surface area contributed by atoms with E-state index in [-0.39, 0.29) is 19.0 Å². The van der Waals surface area contributed by atoms with E-state index in [0.29, 0.717) is 28.0 Å². The molecule has 0 spiro atoms. The van der Waals surface area contributed by atoms with Crippen molar-refractivity contribution in [1.29, 1.82) is 0 Å². The molecule has 1 heterocycles. The normalized spacial score (nSPS) is 10.7. The van der Waals surface area contributed by atoms with Gasteiger partial charge in [-0.1, -0.05) is 23.2 Å². The van der Waals surface area contributed by atoms with Gasteiger partial charge in [-0.2, -0.15) is 0 Å². The molecule has 0 atom stereocenters. The third-order valence-electron chi connectivity index (χ3n) is 2.66. The number of hydrogen-bond acceptors (Lipinski definition) is 4. The zero-order valence-corrected chi connectivity index (χ0v) is 14.8. The van der Waals surface area contributed by atoms with Crippen LogP contribution in [0.2, 0.25) is 10.2 Å². The summed E-state index contributed by atoms with van der Waals surface area (Å²) in [4.78, 5) is 15.6. The van der Waals surface area contributed by atoms with E-state index in [0.717, 1.165) is 8.96 Å². The van der Waals surface area contributed by atoms with Crippen molar-refractivity contribution in [2.45, 2.75) is 13.3 Å². The molecule has 0 fully saturated rings. The van der Waals surface area contributed by atoms with Crippen LogP contribution in [0.1, 0.15) is 13.3 Å². The quantitative estimate of drug-likeness (QED) is 0.391. The Morgan fingerprint density at radius 2 is 2.14 bits per heavy atom. The summed E-state index contributed by atoms with van der Waals surface area (Å²) in [7, 11) is 0. The van der Waals surface area contributed by atoms with E-state index in [1.54, 1.807) is 25.1 Å². The zero-order valence-electron chi connectivity index (χ0n) is 11.2. The summed E-state index contributed by atoms with van der Waals surface area (Å²) in [5, 5.41) is 1.69. The number of nitrogens with zero attached hydrogens (tertiary/aromatic N) is 1. The van der Waals surface area contributed by atoms with Crippen LogP contribution >= 0.6 is 45.8 Å². The first-order valence-electron chi connectivity index (χ1n) is 6.25. The maximum atomic E-state index is 11.3. The van der Waals surface area contributed by atoms with E-state index >= 15 is 0 Å². The molecule has 0 unspecified atom stereocenters. The van der Waals surface area contributed by atoms with Gasteiger partial charge < -0.3 is 9.47 Å². The Bertz CT molecular complexity index is 679. The van der Waals surface area contributed by atoms with Crippen molar-refractivity contribution < 1.29 is 14.3 Å². The number of fused-ring (bicyclic) bond motifs is 1. The van der Waals surface area contributed by atoms with Gasteiger partial charge in [0.15, 0.2) is 5.75 Å². The summed E-state index contributed by atoms with van der Waals surface area (Å²) >= 11 is 14.2. The molecule has 112 valence electrons. The van der Waals surface area contributed by atoms with Crippen molar-refractivity contribution in [3.05, 3.63) is 31.9 Å². The fraction of sp³-hybridized carbons (Fsp3) is 0.286. The highest BCUT2D eigenvalue weighted by atomic mass is 127. The second-order valence-electron chi connectivity index (χ2n) is 4.10. The maximum absolute atomic E-state index is 11.3. The third kappa shape index (κ3) is 4.11. The maximum Gasteiger partial charge on any atom is 0.309 e. The van der Waals surface area contributed by atoms with E-state index in [9.17, 15) is 4.79 Å². The smallest absolute Gasteiger partial charge is 0.309 e. The van der Waals surface area contributed by atoms with Crippen molar-refractivity contribution in [1.82, 2.24) is 4.98 Å². The van der Waals surface area contributed by atoms with Crippen molar-refractivity contribution >= 4 is 62.7 Å². The number of pyridine rings is 1. The Labute approximate surface area is 145 Å². The molecule has 4 nitrogen and oxygen atoms in total. The van der Waals surface area contributed by atoms with Crippen LogP contribution in [-0.4, -0.2) is 24.2 Å². The highest BCUT2D eigenvalue weighted by molar-refractivity contribution is 14.1. The number of ether oxygens (including phenoxy) is 2. The molecule has 0 saturated carbocycles. The average molecular weight is 440 g/mol. The van der Waals surface area contributed by atoms with E-state index in [4.69, 9.17) is 32.7 Å². The van der Waals surface area contributed by atoms with Crippen LogP contribution in [-0.2, 0) is 9.53 Å². The number of benzene rings is 1. The lowest BCUT2D eigenvalue weighted by Crippen LogP contribution is -2.10. The van der Waals surface area contributed by atoms with Gasteiger partial charge in [-0.3, -0.25) is 4.79 Å². The number of hydrogen-bond donors (Lipinski definition) is 0. The predicted molar refractivity (Wildman–Crippen MR) is 91.2 cm³/mol. The number of aromatic nitrogens is 1. The standard InChI is InChI=1S/C14H12Cl2INO3/c1-2-20-12(19)5-6-21-14-10(17)7-9(15)8-3-4-11(16)18-13(8)14/h3-4,7H,2,5-6H2,1H3. The lowest BCUT2D eigenvalue weighted by molar-refractivity contribution is -0.143. The minimum absolute atomic E-state index is 0.175. The van der Waals surface area contributed by atoms with Crippen molar-refractivity contribution in [2.24, 2.45) is 0 Å². The molecule has 0 N–H and O–H groups in total. The summed E-state index contributed by atoms with van der Waals surface area (Å²) in [5.41, 5.74) is 0.586. The largest absolute Gasteiger partial charge is 0.490 e. The molecule has 0 amide bonds. The van der Waals surface area contributed by atoms with Crippen LogP contribution in [0.4, 0.5) is 0 Å². The van der Waals surface area contributed by atoms with Gasteiger partial charge in [-0.25, -0.2) is 4.98 Å².